The van der Waals surface area contributed by atoms with Crippen molar-refractivity contribution in [2.24, 2.45) is 0 Å². The van der Waals surface area contributed by atoms with Crippen LogP contribution in [0.2, 0.25) is 0 Å². The fraction of sp³-hybridized carbons (Fsp3) is 0.571. The molecule has 106 valence electrons. The maximum Gasteiger partial charge on any atom is 0.149 e. The number of halogens is 2. The van der Waals surface area contributed by atoms with E-state index >= 15 is 0 Å². The largest absolute Gasteiger partial charge is 0.392 e. The molecule has 0 aliphatic carbocycles. The summed E-state index contributed by atoms with van der Waals surface area (Å²) in [5.74, 6) is -1.27. The van der Waals surface area contributed by atoms with Crippen LogP contribution in [0, 0.1) is 11.6 Å². The Balaban J connectivity index is 2.21. The molecular formula is C14H19F2NO2. The molecule has 1 aromatic carbocycles. The summed E-state index contributed by atoms with van der Waals surface area (Å²) < 4.78 is 33.5. The Morgan fingerprint density at radius 3 is 2.53 bits per heavy atom. The van der Waals surface area contributed by atoms with Crippen LogP contribution in [0.4, 0.5) is 14.5 Å². The van der Waals surface area contributed by atoms with E-state index in [1.54, 1.807) is 4.90 Å². The summed E-state index contributed by atoms with van der Waals surface area (Å²) in [6, 6.07) is 2.35. The van der Waals surface area contributed by atoms with Crippen LogP contribution >= 0.6 is 0 Å². The van der Waals surface area contributed by atoms with Crippen LogP contribution in [-0.4, -0.2) is 30.9 Å². The van der Waals surface area contributed by atoms with Gasteiger partial charge in [-0.2, -0.15) is 0 Å². The van der Waals surface area contributed by atoms with Gasteiger partial charge in [0.05, 0.1) is 12.7 Å². The lowest BCUT2D eigenvalue weighted by Gasteiger charge is -2.27. The van der Waals surface area contributed by atoms with Crippen molar-refractivity contribution in [1.82, 2.24) is 0 Å². The zero-order valence-electron chi connectivity index (χ0n) is 11.0. The van der Waals surface area contributed by atoms with E-state index in [1.165, 1.54) is 12.1 Å². The number of aliphatic hydroxyl groups excluding tert-OH is 1. The SMILES string of the molecule is CCN(CC1CCCO1)c1c(F)cc(CO)cc1F. The summed E-state index contributed by atoms with van der Waals surface area (Å²) in [6.07, 6.45) is 1.96. The second kappa shape index (κ2) is 6.30. The lowest BCUT2D eigenvalue weighted by atomic mass is 10.1. The van der Waals surface area contributed by atoms with Crippen molar-refractivity contribution in [3.63, 3.8) is 0 Å². The highest BCUT2D eigenvalue weighted by Crippen LogP contribution is 2.26. The predicted octanol–water partition coefficient (Wildman–Crippen LogP) is 2.46. The highest BCUT2D eigenvalue weighted by atomic mass is 19.1. The number of anilines is 1. The van der Waals surface area contributed by atoms with Gasteiger partial charge in [-0.15, -0.1) is 0 Å². The minimum absolute atomic E-state index is 0.0322. The van der Waals surface area contributed by atoms with Gasteiger partial charge in [-0.25, -0.2) is 8.78 Å². The van der Waals surface area contributed by atoms with Gasteiger partial charge in [-0.3, -0.25) is 0 Å². The fourth-order valence-electron chi connectivity index (χ4n) is 2.42. The number of aliphatic hydroxyl groups is 1. The minimum Gasteiger partial charge on any atom is -0.392 e. The maximum absolute atomic E-state index is 14.0. The van der Waals surface area contributed by atoms with E-state index in [1.807, 2.05) is 6.92 Å². The smallest absolute Gasteiger partial charge is 0.149 e. The van der Waals surface area contributed by atoms with Crippen molar-refractivity contribution in [3.05, 3.63) is 29.3 Å². The van der Waals surface area contributed by atoms with Crippen molar-refractivity contribution >= 4 is 5.69 Å². The van der Waals surface area contributed by atoms with Crippen LogP contribution in [0.1, 0.15) is 25.3 Å². The molecule has 0 aromatic heterocycles. The van der Waals surface area contributed by atoms with Gasteiger partial charge in [0.1, 0.15) is 17.3 Å². The van der Waals surface area contributed by atoms with Gasteiger partial charge in [-0.1, -0.05) is 0 Å². The highest BCUT2D eigenvalue weighted by molar-refractivity contribution is 5.50. The van der Waals surface area contributed by atoms with E-state index in [0.29, 0.717) is 13.1 Å². The summed E-state index contributed by atoms with van der Waals surface area (Å²) in [4.78, 5) is 1.65. The summed E-state index contributed by atoms with van der Waals surface area (Å²) >= 11 is 0. The topological polar surface area (TPSA) is 32.7 Å². The number of ether oxygens (including phenoxy) is 1. The number of hydrogen-bond acceptors (Lipinski definition) is 3. The average molecular weight is 271 g/mol. The van der Waals surface area contributed by atoms with Gasteiger partial charge in [0, 0.05) is 19.7 Å². The molecule has 0 radical (unpaired) electrons. The van der Waals surface area contributed by atoms with Gasteiger partial charge in [0.25, 0.3) is 0 Å². The van der Waals surface area contributed by atoms with Crippen molar-refractivity contribution in [2.45, 2.75) is 32.5 Å². The standard InChI is InChI=1S/C14H19F2NO2/c1-2-17(8-11-4-3-5-19-11)14-12(15)6-10(9-18)7-13(14)16/h6-7,11,18H,2-5,8-9H2,1H3. The molecule has 1 aromatic rings. The predicted molar refractivity (Wildman–Crippen MR) is 69.1 cm³/mol. The van der Waals surface area contributed by atoms with E-state index in [2.05, 4.69) is 0 Å². The number of benzene rings is 1. The summed E-state index contributed by atoms with van der Waals surface area (Å²) in [5.41, 5.74) is 0.210. The van der Waals surface area contributed by atoms with Crippen LogP contribution in [0.15, 0.2) is 12.1 Å². The fourth-order valence-corrected chi connectivity index (χ4v) is 2.42. The Kier molecular flexibility index (Phi) is 4.71. The molecule has 1 unspecified atom stereocenters. The number of rotatable bonds is 5. The second-order valence-corrected chi connectivity index (χ2v) is 4.74. The van der Waals surface area contributed by atoms with Crippen molar-refractivity contribution < 1.29 is 18.6 Å². The lowest BCUT2D eigenvalue weighted by Crippen LogP contribution is -2.33. The van der Waals surface area contributed by atoms with E-state index in [0.717, 1.165) is 19.4 Å². The van der Waals surface area contributed by atoms with Gasteiger partial charge >= 0.3 is 0 Å². The molecule has 3 nitrogen and oxygen atoms in total. The molecule has 1 aliphatic rings. The first-order valence-electron chi connectivity index (χ1n) is 6.61. The molecule has 0 spiro atoms. The van der Waals surface area contributed by atoms with Crippen molar-refractivity contribution in [1.29, 1.82) is 0 Å². The summed E-state index contributed by atoms with van der Waals surface area (Å²) in [5, 5.41) is 8.94. The average Bonchev–Trinajstić information content (AvgIpc) is 2.89. The molecule has 0 saturated carbocycles. The van der Waals surface area contributed by atoms with Crippen LogP contribution in [0.3, 0.4) is 0 Å². The Morgan fingerprint density at radius 2 is 2.05 bits per heavy atom. The summed E-state index contributed by atoms with van der Waals surface area (Å²) in [6.45, 7) is 3.20. The first kappa shape index (κ1) is 14.2. The first-order valence-corrected chi connectivity index (χ1v) is 6.61. The van der Waals surface area contributed by atoms with Crippen LogP contribution < -0.4 is 4.90 Å². The van der Waals surface area contributed by atoms with E-state index in [4.69, 9.17) is 9.84 Å². The zero-order chi connectivity index (χ0) is 13.8. The van der Waals surface area contributed by atoms with Crippen molar-refractivity contribution in [3.8, 4) is 0 Å². The molecule has 1 saturated heterocycles. The van der Waals surface area contributed by atoms with Gasteiger partial charge < -0.3 is 14.7 Å². The normalized spacial score (nSPS) is 18.8. The molecule has 1 fully saturated rings. The van der Waals surface area contributed by atoms with E-state index < -0.39 is 11.6 Å². The molecule has 19 heavy (non-hydrogen) atoms. The Hall–Kier alpha value is -1.20. The molecule has 1 heterocycles. The van der Waals surface area contributed by atoms with Gasteiger partial charge in [-0.05, 0) is 37.5 Å². The quantitative estimate of drug-likeness (QED) is 0.893. The molecule has 1 N–H and O–H groups in total. The Bertz CT molecular complexity index is 410. The molecule has 5 heteroatoms. The minimum atomic E-state index is -0.635. The van der Waals surface area contributed by atoms with E-state index in [-0.39, 0.29) is 24.0 Å². The third kappa shape index (κ3) is 3.22. The second-order valence-electron chi connectivity index (χ2n) is 4.74. The van der Waals surface area contributed by atoms with E-state index in [9.17, 15) is 8.78 Å². The first-order chi connectivity index (χ1) is 9.15. The van der Waals surface area contributed by atoms with Gasteiger partial charge in [0.2, 0.25) is 0 Å². The molecule has 0 amide bonds. The van der Waals surface area contributed by atoms with Gasteiger partial charge in [0.15, 0.2) is 0 Å². The monoisotopic (exact) mass is 271 g/mol. The lowest BCUT2D eigenvalue weighted by molar-refractivity contribution is 0.115. The molecule has 2 rings (SSSR count). The third-order valence-corrected chi connectivity index (χ3v) is 3.41. The molecule has 1 atom stereocenters. The van der Waals surface area contributed by atoms with Crippen molar-refractivity contribution in [2.75, 3.05) is 24.6 Å². The van der Waals surface area contributed by atoms with Crippen LogP contribution in [0.25, 0.3) is 0 Å². The highest BCUT2D eigenvalue weighted by Gasteiger charge is 2.23. The molecule has 0 bridgehead atoms. The molecule has 1 aliphatic heterocycles. The Labute approximate surface area is 111 Å². The number of nitrogens with zero attached hydrogens (tertiary/aromatic N) is 1. The number of hydrogen-bond donors (Lipinski definition) is 1. The van der Waals surface area contributed by atoms with Crippen LogP contribution in [-0.2, 0) is 11.3 Å². The molecular weight excluding hydrogens is 252 g/mol. The third-order valence-electron chi connectivity index (χ3n) is 3.41. The summed E-state index contributed by atoms with van der Waals surface area (Å²) in [7, 11) is 0. The zero-order valence-corrected chi connectivity index (χ0v) is 11.0. The van der Waals surface area contributed by atoms with Crippen LogP contribution in [0.5, 0.6) is 0 Å². The number of likely N-dealkylation sites (N-methyl/N-ethyl adjacent to an activating group) is 1. The maximum atomic E-state index is 14.0. The Morgan fingerprint density at radius 1 is 1.37 bits per heavy atom.